The Bertz CT molecular complexity index is 558. The van der Waals surface area contributed by atoms with Gasteiger partial charge in [-0.25, -0.2) is 9.18 Å². The lowest BCUT2D eigenvalue weighted by molar-refractivity contribution is 0.0682. The van der Waals surface area contributed by atoms with E-state index in [-0.39, 0.29) is 12.2 Å². The predicted molar refractivity (Wildman–Crippen MR) is 86.9 cm³/mol. The molecule has 2 aliphatic heterocycles. The minimum Gasteiger partial charge on any atom is -0.489 e. The summed E-state index contributed by atoms with van der Waals surface area (Å²) in [6, 6.07) is 3.66. The Morgan fingerprint density at radius 3 is 2.67 bits per heavy atom. The molecule has 3 rings (SSSR count). The van der Waals surface area contributed by atoms with Crippen LogP contribution in [0.3, 0.4) is 0 Å². The number of hydrogen-bond acceptors (Lipinski definition) is 4. The van der Waals surface area contributed by atoms with Crippen LogP contribution in [-0.2, 0) is 9.47 Å². The van der Waals surface area contributed by atoms with Gasteiger partial charge in [-0.15, -0.1) is 0 Å². The number of ether oxygens (including phenoxy) is 3. The Kier molecular flexibility index (Phi) is 5.87. The van der Waals surface area contributed by atoms with E-state index in [1.165, 1.54) is 18.2 Å². The second kappa shape index (κ2) is 8.30. The zero-order valence-corrected chi connectivity index (χ0v) is 13.6. The molecular weight excluding hydrogens is 315 g/mol. The molecule has 0 bridgehead atoms. The summed E-state index contributed by atoms with van der Waals surface area (Å²) in [7, 11) is 0. The van der Waals surface area contributed by atoms with Gasteiger partial charge >= 0.3 is 6.03 Å². The SMILES string of the molecule is O=C(NC[C@@H]1CCCO1)Nc1cc(F)ccc1OC[C@@H]1CCCO1. The summed E-state index contributed by atoms with van der Waals surface area (Å²) >= 11 is 0. The van der Waals surface area contributed by atoms with Crippen LogP contribution < -0.4 is 15.4 Å². The third-order valence-corrected chi connectivity index (χ3v) is 4.15. The van der Waals surface area contributed by atoms with Crippen LogP contribution in [0, 0.1) is 5.82 Å². The molecule has 2 atom stereocenters. The van der Waals surface area contributed by atoms with Crippen LogP contribution in [0.1, 0.15) is 25.7 Å². The minimum absolute atomic E-state index is 0.0521. The maximum absolute atomic E-state index is 13.5. The first-order valence-corrected chi connectivity index (χ1v) is 8.41. The highest BCUT2D eigenvalue weighted by atomic mass is 19.1. The zero-order valence-electron chi connectivity index (χ0n) is 13.6. The van der Waals surface area contributed by atoms with E-state index in [2.05, 4.69) is 10.6 Å². The van der Waals surface area contributed by atoms with Gasteiger partial charge in [-0.2, -0.15) is 0 Å². The maximum atomic E-state index is 13.5. The van der Waals surface area contributed by atoms with Crippen molar-refractivity contribution in [1.29, 1.82) is 0 Å². The molecule has 0 aliphatic carbocycles. The van der Waals surface area contributed by atoms with Gasteiger partial charge in [-0.05, 0) is 37.8 Å². The molecule has 2 aliphatic rings. The number of carbonyl (C=O) groups excluding carboxylic acids is 1. The third kappa shape index (κ3) is 4.82. The number of halogens is 1. The summed E-state index contributed by atoms with van der Waals surface area (Å²) in [5, 5.41) is 5.38. The zero-order chi connectivity index (χ0) is 16.8. The second-order valence-corrected chi connectivity index (χ2v) is 6.06. The maximum Gasteiger partial charge on any atom is 0.319 e. The fourth-order valence-corrected chi connectivity index (χ4v) is 2.86. The van der Waals surface area contributed by atoms with Gasteiger partial charge in [0, 0.05) is 25.8 Å². The Labute approximate surface area is 140 Å². The molecule has 2 fully saturated rings. The first-order chi connectivity index (χ1) is 11.7. The van der Waals surface area contributed by atoms with Crippen molar-refractivity contribution in [2.24, 2.45) is 0 Å². The highest BCUT2D eigenvalue weighted by molar-refractivity contribution is 5.90. The molecule has 0 unspecified atom stereocenters. The highest BCUT2D eigenvalue weighted by Crippen LogP contribution is 2.26. The fourth-order valence-electron chi connectivity index (χ4n) is 2.86. The van der Waals surface area contributed by atoms with E-state index in [4.69, 9.17) is 14.2 Å². The standard InChI is InChI=1S/C17H23FN2O4/c18-12-5-6-16(24-11-14-4-2-8-23-14)15(9-12)20-17(21)19-10-13-3-1-7-22-13/h5-6,9,13-14H,1-4,7-8,10-11H2,(H2,19,20,21)/t13-,14-/m0/s1. The number of rotatable bonds is 6. The van der Waals surface area contributed by atoms with E-state index >= 15 is 0 Å². The average molecular weight is 338 g/mol. The monoisotopic (exact) mass is 338 g/mol. The molecule has 2 saturated heterocycles. The second-order valence-electron chi connectivity index (χ2n) is 6.06. The first kappa shape index (κ1) is 17.0. The quantitative estimate of drug-likeness (QED) is 0.837. The number of anilines is 1. The van der Waals surface area contributed by atoms with E-state index in [1.807, 2.05) is 0 Å². The molecule has 6 nitrogen and oxygen atoms in total. The van der Waals surface area contributed by atoms with Crippen LogP contribution >= 0.6 is 0 Å². The number of nitrogens with one attached hydrogen (secondary N) is 2. The van der Waals surface area contributed by atoms with Crippen LogP contribution in [0.25, 0.3) is 0 Å². The summed E-state index contributed by atoms with van der Waals surface area (Å²) < 4.78 is 30.1. The van der Waals surface area contributed by atoms with Crippen molar-refractivity contribution in [2.45, 2.75) is 37.9 Å². The van der Waals surface area contributed by atoms with Gasteiger partial charge in [0.2, 0.25) is 0 Å². The van der Waals surface area contributed by atoms with Crippen molar-refractivity contribution in [3.8, 4) is 5.75 Å². The lowest BCUT2D eigenvalue weighted by Gasteiger charge is -2.16. The number of amides is 2. The van der Waals surface area contributed by atoms with Crippen molar-refractivity contribution in [3.63, 3.8) is 0 Å². The van der Waals surface area contributed by atoms with Crippen LogP contribution in [0.15, 0.2) is 18.2 Å². The first-order valence-electron chi connectivity index (χ1n) is 8.41. The molecule has 2 N–H and O–H groups in total. The van der Waals surface area contributed by atoms with E-state index < -0.39 is 11.8 Å². The summed E-state index contributed by atoms with van der Waals surface area (Å²) in [5.74, 6) is -0.00643. The lowest BCUT2D eigenvalue weighted by atomic mass is 10.2. The van der Waals surface area contributed by atoms with Gasteiger partial charge in [0.1, 0.15) is 18.2 Å². The number of urea groups is 1. The number of benzene rings is 1. The van der Waals surface area contributed by atoms with Gasteiger partial charge in [-0.1, -0.05) is 0 Å². The van der Waals surface area contributed by atoms with Gasteiger partial charge in [0.25, 0.3) is 0 Å². The molecular formula is C17H23FN2O4. The van der Waals surface area contributed by atoms with Crippen LogP contribution in [0.2, 0.25) is 0 Å². The number of carbonyl (C=O) groups is 1. The Hall–Kier alpha value is -1.86. The van der Waals surface area contributed by atoms with Gasteiger partial charge in [-0.3, -0.25) is 0 Å². The summed E-state index contributed by atoms with van der Waals surface area (Å²) in [5.41, 5.74) is 0.304. The Morgan fingerprint density at radius 2 is 1.96 bits per heavy atom. The topological polar surface area (TPSA) is 68.8 Å². The molecule has 1 aromatic rings. The fraction of sp³-hybridized carbons (Fsp3) is 0.588. The third-order valence-electron chi connectivity index (χ3n) is 4.15. The predicted octanol–water partition coefficient (Wildman–Crippen LogP) is 2.68. The molecule has 0 spiro atoms. The molecule has 0 radical (unpaired) electrons. The average Bonchev–Trinajstić information content (AvgIpc) is 3.26. The summed E-state index contributed by atoms with van der Waals surface area (Å²) in [6.45, 7) is 2.30. The Morgan fingerprint density at radius 1 is 1.21 bits per heavy atom. The lowest BCUT2D eigenvalue weighted by Crippen LogP contribution is -2.35. The van der Waals surface area contributed by atoms with E-state index in [1.54, 1.807) is 0 Å². The molecule has 1 aromatic carbocycles. The van der Waals surface area contributed by atoms with Crippen molar-refractivity contribution in [3.05, 3.63) is 24.0 Å². The van der Waals surface area contributed by atoms with Gasteiger partial charge in [0.15, 0.2) is 0 Å². The summed E-state index contributed by atoms with van der Waals surface area (Å²) in [4.78, 5) is 12.0. The van der Waals surface area contributed by atoms with E-state index in [9.17, 15) is 9.18 Å². The van der Waals surface area contributed by atoms with Gasteiger partial charge < -0.3 is 24.8 Å². The molecule has 2 amide bonds. The largest absolute Gasteiger partial charge is 0.489 e. The van der Waals surface area contributed by atoms with Crippen molar-refractivity contribution < 1.29 is 23.4 Å². The molecule has 0 aromatic heterocycles. The van der Waals surface area contributed by atoms with E-state index in [0.29, 0.717) is 24.6 Å². The van der Waals surface area contributed by atoms with Crippen molar-refractivity contribution >= 4 is 11.7 Å². The number of hydrogen-bond donors (Lipinski definition) is 2. The van der Waals surface area contributed by atoms with Crippen LogP contribution in [-0.4, -0.2) is 44.6 Å². The normalized spacial score (nSPS) is 23.2. The van der Waals surface area contributed by atoms with Crippen molar-refractivity contribution in [1.82, 2.24) is 5.32 Å². The van der Waals surface area contributed by atoms with Crippen LogP contribution in [0.5, 0.6) is 5.75 Å². The Balaban J connectivity index is 1.54. The van der Waals surface area contributed by atoms with Gasteiger partial charge in [0.05, 0.1) is 17.9 Å². The highest BCUT2D eigenvalue weighted by Gasteiger charge is 2.19. The molecule has 24 heavy (non-hydrogen) atoms. The molecule has 0 saturated carbocycles. The minimum atomic E-state index is -0.436. The van der Waals surface area contributed by atoms with Crippen LogP contribution in [0.4, 0.5) is 14.9 Å². The summed E-state index contributed by atoms with van der Waals surface area (Å²) in [6.07, 6.45) is 4.03. The molecule has 2 heterocycles. The molecule has 132 valence electrons. The molecule has 7 heteroatoms. The van der Waals surface area contributed by atoms with Crippen molar-refractivity contribution in [2.75, 3.05) is 31.7 Å². The smallest absolute Gasteiger partial charge is 0.319 e. The van der Waals surface area contributed by atoms with E-state index in [0.717, 1.165) is 38.9 Å².